The van der Waals surface area contributed by atoms with Gasteiger partial charge in [-0.3, -0.25) is 0 Å². The predicted octanol–water partition coefficient (Wildman–Crippen LogP) is 4.28. The lowest BCUT2D eigenvalue weighted by Crippen LogP contribution is -2.20. The van der Waals surface area contributed by atoms with Gasteiger partial charge < -0.3 is 0 Å². The second-order valence-electron chi connectivity index (χ2n) is 8.90. The number of hydrazone groups is 1. The summed E-state index contributed by atoms with van der Waals surface area (Å²) < 4.78 is 24.9. The Bertz CT molecular complexity index is 881. The van der Waals surface area contributed by atoms with Crippen molar-refractivity contribution in [3.05, 3.63) is 41.5 Å². The molecular formula is C21H28N2O2S. The Morgan fingerprint density at radius 3 is 2.54 bits per heavy atom. The molecule has 26 heavy (non-hydrogen) atoms. The summed E-state index contributed by atoms with van der Waals surface area (Å²) in [6.07, 6.45) is 5.57. The molecule has 1 N–H and O–H groups in total. The van der Waals surface area contributed by atoms with Crippen LogP contribution in [0.2, 0.25) is 0 Å². The highest BCUT2D eigenvalue weighted by molar-refractivity contribution is 7.89. The molecule has 0 aliphatic heterocycles. The van der Waals surface area contributed by atoms with Gasteiger partial charge in [0.25, 0.3) is 10.0 Å². The molecule has 0 spiro atoms. The maximum Gasteiger partial charge on any atom is 0.276 e. The highest BCUT2D eigenvalue weighted by Crippen LogP contribution is 2.68. The number of nitrogens with one attached hydrogen (secondary N) is 1. The Morgan fingerprint density at radius 2 is 1.85 bits per heavy atom. The molecule has 4 nitrogen and oxygen atoms in total. The Kier molecular flexibility index (Phi) is 4.07. The van der Waals surface area contributed by atoms with E-state index in [-0.39, 0.29) is 4.90 Å². The lowest BCUT2D eigenvalue weighted by atomic mass is 9.84. The number of sulfonamides is 1. The standard InChI is InChI=1S/C21H28N2O2S/c1-13-5-8-16(9-6-13)26(24,25)23-22-15-11-17-14(2)7-10-19-20(18(17)12-15)21(19,3)4/h5-6,8-9,11,14,18-20,23H,7,10,12H2,1-4H3/b22-15-/t14-,18-,19-,20+/m1/s1. The van der Waals surface area contributed by atoms with Crippen molar-refractivity contribution in [3.8, 4) is 0 Å². The highest BCUT2D eigenvalue weighted by Gasteiger charge is 2.62. The fourth-order valence-corrected chi connectivity index (χ4v) is 6.08. The molecular weight excluding hydrogens is 344 g/mol. The van der Waals surface area contributed by atoms with Gasteiger partial charge in [0.05, 0.1) is 10.6 Å². The zero-order valence-electron chi connectivity index (χ0n) is 16.0. The smallest absolute Gasteiger partial charge is 0.200 e. The Balaban J connectivity index is 1.54. The summed E-state index contributed by atoms with van der Waals surface area (Å²) in [5.74, 6) is 2.64. The molecule has 4 atom stereocenters. The van der Waals surface area contributed by atoms with Gasteiger partial charge in [0.1, 0.15) is 0 Å². The molecule has 0 heterocycles. The number of hydrogen-bond acceptors (Lipinski definition) is 3. The van der Waals surface area contributed by atoms with Crippen molar-refractivity contribution in [1.82, 2.24) is 4.83 Å². The summed E-state index contributed by atoms with van der Waals surface area (Å²) in [5.41, 5.74) is 3.81. The first kappa shape index (κ1) is 17.8. The molecule has 5 heteroatoms. The van der Waals surface area contributed by atoms with E-state index in [1.165, 1.54) is 18.4 Å². The van der Waals surface area contributed by atoms with E-state index >= 15 is 0 Å². The largest absolute Gasteiger partial charge is 0.276 e. The van der Waals surface area contributed by atoms with Gasteiger partial charge in [-0.2, -0.15) is 18.4 Å². The van der Waals surface area contributed by atoms with Gasteiger partial charge in [-0.15, -0.1) is 0 Å². The minimum Gasteiger partial charge on any atom is -0.200 e. The maximum atomic E-state index is 12.5. The lowest BCUT2D eigenvalue weighted by Gasteiger charge is -2.20. The van der Waals surface area contributed by atoms with Crippen LogP contribution >= 0.6 is 0 Å². The molecule has 2 fully saturated rings. The Morgan fingerprint density at radius 1 is 1.15 bits per heavy atom. The molecule has 3 aliphatic rings. The molecule has 0 radical (unpaired) electrons. The molecule has 0 bridgehead atoms. The predicted molar refractivity (Wildman–Crippen MR) is 104 cm³/mol. The summed E-state index contributed by atoms with van der Waals surface area (Å²) in [6, 6.07) is 6.84. The van der Waals surface area contributed by atoms with Crippen LogP contribution in [0.4, 0.5) is 0 Å². The fraction of sp³-hybridized carbons (Fsp3) is 0.571. The molecule has 0 amide bonds. The van der Waals surface area contributed by atoms with Gasteiger partial charge in [0.15, 0.2) is 0 Å². The van der Waals surface area contributed by atoms with Gasteiger partial charge >= 0.3 is 0 Å². The second-order valence-corrected chi connectivity index (χ2v) is 10.6. The van der Waals surface area contributed by atoms with Crippen molar-refractivity contribution in [2.75, 3.05) is 0 Å². The number of nitrogens with zero attached hydrogens (tertiary/aromatic N) is 1. The highest BCUT2D eigenvalue weighted by atomic mass is 32.2. The van der Waals surface area contributed by atoms with E-state index in [4.69, 9.17) is 0 Å². The van der Waals surface area contributed by atoms with Crippen LogP contribution in [0, 0.1) is 36.0 Å². The van der Waals surface area contributed by atoms with Gasteiger partial charge in [-0.05, 0) is 73.5 Å². The summed E-state index contributed by atoms with van der Waals surface area (Å²) in [7, 11) is -3.61. The third-order valence-corrected chi connectivity index (χ3v) is 8.11. The first-order valence-electron chi connectivity index (χ1n) is 9.56. The van der Waals surface area contributed by atoms with E-state index in [1.54, 1.807) is 24.3 Å². The van der Waals surface area contributed by atoms with Crippen molar-refractivity contribution in [1.29, 1.82) is 0 Å². The van der Waals surface area contributed by atoms with Gasteiger partial charge in [-0.25, -0.2) is 0 Å². The third kappa shape index (κ3) is 2.90. The SMILES string of the molecule is Cc1ccc(S(=O)(=O)N/N=C2/C=C3[C@H](C)CC[C@@H]4[C@H]([C@@H]3C2)C4(C)C)cc1. The normalized spacial score (nSPS) is 33.8. The zero-order chi connectivity index (χ0) is 18.7. The summed E-state index contributed by atoms with van der Waals surface area (Å²) in [6.45, 7) is 9.00. The number of aryl methyl sites for hydroxylation is 1. The summed E-state index contributed by atoms with van der Waals surface area (Å²) in [5, 5.41) is 4.29. The average molecular weight is 373 g/mol. The minimum atomic E-state index is -3.61. The second kappa shape index (κ2) is 5.95. The van der Waals surface area contributed by atoms with Gasteiger partial charge in [-0.1, -0.05) is 44.0 Å². The van der Waals surface area contributed by atoms with Crippen molar-refractivity contribution >= 4 is 15.7 Å². The molecule has 3 aliphatic carbocycles. The third-order valence-electron chi connectivity index (χ3n) is 6.88. The Labute approximate surface area is 156 Å². The van der Waals surface area contributed by atoms with E-state index in [2.05, 4.69) is 36.8 Å². The van der Waals surface area contributed by atoms with Crippen molar-refractivity contribution < 1.29 is 8.42 Å². The number of hydrogen-bond donors (Lipinski definition) is 1. The molecule has 1 aromatic rings. The minimum absolute atomic E-state index is 0.254. The van der Waals surface area contributed by atoms with E-state index in [0.717, 1.165) is 29.5 Å². The Hall–Kier alpha value is -1.62. The number of allylic oxidation sites excluding steroid dienone is 2. The van der Waals surface area contributed by atoms with Gasteiger partial charge in [0, 0.05) is 0 Å². The van der Waals surface area contributed by atoms with E-state index in [0.29, 0.717) is 17.3 Å². The number of fused-ring (bicyclic) bond motifs is 3. The summed E-state index contributed by atoms with van der Waals surface area (Å²) in [4.78, 5) is 2.70. The first-order chi connectivity index (χ1) is 12.2. The van der Waals surface area contributed by atoms with Crippen LogP contribution in [0.3, 0.4) is 0 Å². The fourth-order valence-electron chi connectivity index (χ4n) is 5.24. The lowest BCUT2D eigenvalue weighted by molar-refractivity contribution is 0.413. The van der Waals surface area contributed by atoms with E-state index in [1.807, 2.05) is 6.92 Å². The van der Waals surface area contributed by atoms with Crippen LogP contribution in [0.1, 0.15) is 45.6 Å². The van der Waals surface area contributed by atoms with Crippen LogP contribution in [0.5, 0.6) is 0 Å². The van der Waals surface area contributed by atoms with Crippen LogP contribution in [-0.4, -0.2) is 14.1 Å². The molecule has 140 valence electrons. The van der Waals surface area contributed by atoms with Crippen LogP contribution in [0.15, 0.2) is 45.9 Å². The molecule has 4 rings (SSSR count). The van der Waals surface area contributed by atoms with Crippen LogP contribution in [-0.2, 0) is 10.0 Å². The van der Waals surface area contributed by atoms with E-state index in [9.17, 15) is 8.42 Å². The molecule has 0 unspecified atom stereocenters. The maximum absolute atomic E-state index is 12.5. The van der Waals surface area contributed by atoms with Crippen LogP contribution in [0.25, 0.3) is 0 Å². The van der Waals surface area contributed by atoms with Crippen molar-refractivity contribution in [2.45, 2.75) is 51.9 Å². The average Bonchev–Trinajstić information content (AvgIpc) is 2.96. The number of benzene rings is 1. The van der Waals surface area contributed by atoms with Crippen molar-refractivity contribution in [3.63, 3.8) is 0 Å². The monoisotopic (exact) mass is 372 g/mol. The molecule has 2 saturated carbocycles. The topological polar surface area (TPSA) is 58.5 Å². The summed E-state index contributed by atoms with van der Waals surface area (Å²) >= 11 is 0. The van der Waals surface area contributed by atoms with Crippen molar-refractivity contribution in [2.24, 2.45) is 34.2 Å². The molecule has 0 aromatic heterocycles. The molecule has 1 aromatic carbocycles. The molecule has 0 saturated heterocycles. The zero-order valence-corrected chi connectivity index (χ0v) is 16.8. The number of rotatable bonds is 3. The van der Waals surface area contributed by atoms with E-state index < -0.39 is 10.0 Å². The van der Waals surface area contributed by atoms with Crippen LogP contribution < -0.4 is 4.83 Å². The van der Waals surface area contributed by atoms with Gasteiger partial charge in [0.2, 0.25) is 0 Å². The quantitative estimate of drug-likeness (QED) is 0.805. The first-order valence-corrected chi connectivity index (χ1v) is 11.0.